The number of carbonyl (C=O) groups is 4. The first-order chi connectivity index (χ1) is 5.29. The minimum Gasteiger partial charge on any atom is -0.473 e. The van der Waals surface area contributed by atoms with Crippen LogP contribution >= 0.6 is 0 Å². The van der Waals surface area contributed by atoms with Crippen LogP contribution in [0.1, 0.15) is 0 Å². The van der Waals surface area contributed by atoms with E-state index in [0.29, 0.717) is 0 Å². The number of aliphatic carboxylic acids is 4. The number of hydrogen-bond acceptors (Lipinski definition) is 4. The van der Waals surface area contributed by atoms with Crippen LogP contribution in [0.5, 0.6) is 0 Å². The normalized spacial score (nSPS) is 6.77. The van der Waals surface area contributed by atoms with Crippen molar-refractivity contribution < 1.29 is 44.3 Å². The van der Waals surface area contributed by atoms with Crippen molar-refractivity contribution in [1.82, 2.24) is 0 Å². The van der Waals surface area contributed by atoms with Crippen LogP contribution in [0.2, 0.25) is 0 Å². The summed E-state index contributed by atoms with van der Waals surface area (Å²) in [4.78, 5) is 36.4. The van der Waals surface area contributed by atoms with Crippen molar-refractivity contribution >= 4 is 23.9 Å². The van der Waals surface area contributed by atoms with Gasteiger partial charge in [0.1, 0.15) is 0 Å². The van der Waals surface area contributed by atoms with Gasteiger partial charge in [0.15, 0.2) is 0 Å². The molecule has 0 aliphatic heterocycles. The molecule has 9 heteroatoms. The number of rotatable bonds is 0. The van der Waals surface area contributed by atoms with Gasteiger partial charge in [0.25, 0.3) is 0 Å². The molecule has 0 saturated carbocycles. The van der Waals surface area contributed by atoms with Gasteiger partial charge in [0.05, 0.1) is 0 Å². The molecule has 0 spiro atoms. The topological polar surface area (TPSA) is 149 Å². The minimum atomic E-state index is -1.82. The highest BCUT2D eigenvalue weighted by Gasteiger charge is 2.04. The van der Waals surface area contributed by atoms with Gasteiger partial charge in [-0.3, -0.25) is 4.70 Å². The number of hydrogen-bond donors (Lipinski definition) is 4. The number of carboxylic acid groups (broad SMARTS) is 4. The molecular formula is C4H5FO8. The second-order valence-electron chi connectivity index (χ2n) is 1.22. The fourth-order valence-electron chi connectivity index (χ4n) is 0. The lowest BCUT2D eigenvalue weighted by Crippen LogP contribution is -2.09. The molecule has 0 aromatic carbocycles. The molecule has 0 fully saturated rings. The first-order valence-electron chi connectivity index (χ1n) is 2.21. The van der Waals surface area contributed by atoms with Gasteiger partial charge in [0.2, 0.25) is 0 Å². The van der Waals surface area contributed by atoms with Crippen molar-refractivity contribution in [1.29, 1.82) is 0 Å². The Bertz CT molecular complexity index is 172. The molecule has 0 rings (SSSR count). The van der Waals surface area contributed by atoms with Gasteiger partial charge in [-0.05, 0) is 0 Å². The zero-order valence-corrected chi connectivity index (χ0v) is 5.83. The van der Waals surface area contributed by atoms with Crippen LogP contribution in [-0.4, -0.2) is 44.3 Å². The van der Waals surface area contributed by atoms with Gasteiger partial charge in [-0.25, -0.2) is 19.2 Å². The number of halogens is 1. The Balaban J connectivity index is -0.000000143. The van der Waals surface area contributed by atoms with Gasteiger partial charge in [-0.2, -0.15) is 0 Å². The maximum Gasteiger partial charge on any atom is 0.414 e. The molecule has 0 aliphatic rings. The molecule has 0 aromatic heterocycles. The van der Waals surface area contributed by atoms with Crippen LogP contribution in [0.4, 0.5) is 4.70 Å². The molecule has 0 amide bonds. The van der Waals surface area contributed by atoms with E-state index in [9.17, 15) is 0 Å². The van der Waals surface area contributed by atoms with E-state index in [2.05, 4.69) is 0 Å². The Labute approximate surface area is 69.4 Å². The monoisotopic (exact) mass is 200 g/mol. The van der Waals surface area contributed by atoms with Gasteiger partial charge in [-0.1, -0.05) is 0 Å². The van der Waals surface area contributed by atoms with Crippen molar-refractivity contribution in [2.45, 2.75) is 0 Å². The maximum atomic E-state index is 9.10. The lowest BCUT2D eigenvalue weighted by atomic mass is 10.7. The molecule has 0 heterocycles. The molecule has 8 nitrogen and oxygen atoms in total. The zero-order valence-electron chi connectivity index (χ0n) is 5.83. The summed E-state index contributed by atoms with van der Waals surface area (Å²) in [5.41, 5.74) is 0. The smallest absolute Gasteiger partial charge is 0.414 e. The van der Waals surface area contributed by atoms with Crippen molar-refractivity contribution in [3.63, 3.8) is 0 Å². The van der Waals surface area contributed by atoms with Gasteiger partial charge >= 0.3 is 23.9 Å². The van der Waals surface area contributed by atoms with E-state index in [4.69, 9.17) is 39.6 Å². The lowest BCUT2D eigenvalue weighted by Gasteiger charge is -1.72. The highest BCUT2D eigenvalue weighted by molar-refractivity contribution is 6.27. The highest BCUT2D eigenvalue weighted by atomic mass is 19.0. The molecule has 0 atom stereocenters. The summed E-state index contributed by atoms with van der Waals surface area (Å²) in [6.07, 6.45) is 0. The van der Waals surface area contributed by atoms with E-state index < -0.39 is 23.9 Å². The van der Waals surface area contributed by atoms with Crippen LogP contribution in [0.25, 0.3) is 0 Å². The third kappa shape index (κ3) is 17.7. The van der Waals surface area contributed by atoms with Crippen molar-refractivity contribution in [3.8, 4) is 0 Å². The Morgan fingerprint density at radius 1 is 0.538 bits per heavy atom. The van der Waals surface area contributed by atoms with Crippen LogP contribution in [0.15, 0.2) is 0 Å². The summed E-state index contributed by atoms with van der Waals surface area (Å²) >= 11 is 0. The summed E-state index contributed by atoms with van der Waals surface area (Å²) < 4.78 is 0. The van der Waals surface area contributed by atoms with E-state index in [1.165, 1.54) is 0 Å². The second-order valence-corrected chi connectivity index (χ2v) is 1.22. The van der Waals surface area contributed by atoms with E-state index in [-0.39, 0.29) is 4.70 Å². The van der Waals surface area contributed by atoms with E-state index in [0.717, 1.165) is 0 Å². The first-order valence-corrected chi connectivity index (χ1v) is 2.21. The summed E-state index contributed by atoms with van der Waals surface area (Å²) in [7, 11) is 0. The lowest BCUT2D eigenvalue weighted by molar-refractivity contribution is -0.159. The number of carboxylic acids is 4. The second kappa shape index (κ2) is 7.91. The molecule has 4 N–H and O–H groups in total. The molecular weight excluding hydrogens is 195 g/mol. The van der Waals surface area contributed by atoms with Crippen molar-refractivity contribution in [2.24, 2.45) is 0 Å². The van der Waals surface area contributed by atoms with E-state index in [1.54, 1.807) is 0 Å². The molecule has 0 aliphatic carbocycles. The highest BCUT2D eigenvalue weighted by Crippen LogP contribution is 1.56. The quantitative estimate of drug-likeness (QED) is 0.343. The fourth-order valence-corrected chi connectivity index (χ4v) is 0. The molecule has 0 unspecified atom stereocenters. The van der Waals surface area contributed by atoms with Crippen LogP contribution in [0, 0.1) is 0 Å². The largest absolute Gasteiger partial charge is 0.473 e. The third-order valence-corrected chi connectivity index (χ3v) is 0.366. The molecule has 0 bridgehead atoms. The van der Waals surface area contributed by atoms with Crippen LogP contribution < -0.4 is 0 Å². The molecule has 0 saturated heterocycles. The van der Waals surface area contributed by atoms with E-state index in [1.807, 2.05) is 0 Å². The Hall–Kier alpha value is -2.19. The molecule has 13 heavy (non-hydrogen) atoms. The van der Waals surface area contributed by atoms with Crippen LogP contribution in [0.3, 0.4) is 0 Å². The van der Waals surface area contributed by atoms with Crippen molar-refractivity contribution in [3.05, 3.63) is 0 Å². The summed E-state index contributed by atoms with van der Waals surface area (Å²) in [5, 5.41) is 29.6. The Morgan fingerprint density at radius 2 is 0.615 bits per heavy atom. The summed E-state index contributed by atoms with van der Waals surface area (Å²) in [6, 6.07) is 0. The summed E-state index contributed by atoms with van der Waals surface area (Å²) in [6.45, 7) is 0. The van der Waals surface area contributed by atoms with Gasteiger partial charge in [-0.15, -0.1) is 0 Å². The first kappa shape index (κ1) is 17.1. The predicted molar refractivity (Wildman–Crippen MR) is 33.0 cm³/mol. The summed E-state index contributed by atoms with van der Waals surface area (Å²) in [5.74, 6) is -7.30. The average Bonchev–Trinajstić information content (AvgIpc) is 1.88. The molecule has 76 valence electrons. The standard InChI is InChI=1S/2C2H2O4.FH/c2*3-1(4)2(5)6;/h2*(H,3,4)(H,5,6);1H. The molecule has 0 aromatic rings. The Morgan fingerprint density at radius 3 is 0.615 bits per heavy atom. The van der Waals surface area contributed by atoms with Crippen molar-refractivity contribution in [2.75, 3.05) is 0 Å². The molecule has 0 radical (unpaired) electrons. The van der Waals surface area contributed by atoms with Gasteiger partial charge in [0, 0.05) is 0 Å². The third-order valence-electron chi connectivity index (χ3n) is 0.366. The van der Waals surface area contributed by atoms with Gasteiger partial charge < -0.3 is 20.4 Å². The Kier molecular flexibility index (Phi) is 10.4. The maximum absolute atomic E-state index is 9.10. The fraction of sp³-hybridized carbons (Fsp3) is 0. The van der Waals surface area contributed by atoms with Crippen LogP contribution in [-0.2, 0) is 19.2 Å². The minimum absolute atomic E-state index is 0. The SMILES string of the molecule is F.O=C(O)C(=O)O.O=C(O)C(=O)O. The zero-order chi connectivity index (χ0) is 10.3. The predicted octanol–water partition coefficient (Wildman–Crippen LogP) is -1.54. The van der Waals surface area contributed by atoms with E-state index >= 15 is 0 Å². The average molecular weight is 200 g/mol.